The van der Waals surface area contributed by atoms with Crippen molar-refractivity contribution >= 4 is 0 Å². The van der Waals surface area contributed by atoms with Crippen LogP contribution in [0.5, 0.6) is 0 Å². The van der Waals surface area contributed by atoms with Crippen molar-refractivity contribution < 1.29 is 0 Å². The summed E-state index contributed by atoms with van der Waals surface area (Å²) in [7, 11) is 0. The molecule has 0 saturated heterocycles. The first kappa shape index (κ1) is 5.10. The molecule has 1 heteroatoms. The van der Waals surface area contributed by atoms with Gasteiger partial charge in [-0.15, -0.1) is 0 Å². The largest absolute Gasteiger partial charge is 0.330 e. The zero-order valence-corrected chi connectivity index (χ0v) is 4.69. The minimum absolute atomic E-state index is 0.885. The van der Waals surface area contributed by atoms with Gasteiger partial charge in [-0.3, -0.25) is 0 Å². The summed E-state index contributed by atoms with van der Waals surface area (Å²) in [5, 5.41) is 0. The number of hydrogen-bond donors (Lipinski definition) is 1. The van der Waals surface area contributed by atoms with Crippen LogP contribution >= 0.6 is 0 Å². The lowest BCUT2D eigenvalue weighted by Crippen LogP contribution is -1.97. The van der Waals surface area contributed by atoms with Gasteiger partial charge in [0.1, 0.15) is 0 Å². The van der Waals surface area contributed by atoms with Crippen LogP contribution < -0.4 is 5.73 Å². The van der Waals surface area contributed by atoms with Gasteiger partial charge in [-0.05, 0) is 25.3 Å². The molecule has 1 aliphatic rings. The predicted molar refractivity (Wildman–Crippen MR) is 31.0 cm³/mol. The first-order valence-electron chi connectivity index (χ1n) is 3.13. The third-order valence-corrected chi connectivity index (χ3v) is 1.51. The van der Waals surface area contributed by atoms with Gasteiger partial charge in [0.25, 0.3) is 0 Å². The Labute approximate surface area is 44.9 Å². The quantitative estimate of drug-likeness (QED) is 0.564. The summed E-state index contributed by atoms with van der Waals surface area (Å²) < 4.78 is 0. The Morgan fingerprint density at radius 2 is 2.14 bits per heavy atom. The van der Waals surface area contributed by atoms with Crippen LogP contribution in [0.4, 0.5) is 0 Å². The summed E-state index contributed by atoms with van der Waals surface area (Å²) in [5.74, 6) is 1.07. The predicted octanol–water partition coefficient (Wildman–Crippen LogP) is 1.14. The highest BCUT2D eigenvalue weighted by molar-refractivity contribution is 4.72. The molecule has 0 bridgehead atoms. The van der Waals surface area contributed by atoms with Crippen LogP contribution in [0.25, 0.3) is 0 Å². The monoisotopic (exact) mass is 99.1 g/mol. The smallest absolute Gasteiger partial charge is 0.00772 e. The van der Waals surface area contributed by atoms with Crippen molar-refractivity contribution in [1.82, 2.24) is 0 Å². The standard InChI is InChI=1S/C6H13N/c7-5-1-2-6-3-4-6/h6H,1-5,7H2. The molecule has 1 nitrogen and oxygen atoms in total. The Bertz CT molecular complexity index is 48.1. The van der Waals surface area contributed by atoms with E-state index in [2.05, 4.69) is 0 Å². The highest BCUT2D eigenvalue weighted by atomic mass is 14.5. The van der Waals surface area contributed by atoms with E-state index in [-0.39, 0.29) is 0 Å². The number of hydrogen-bond acceptors (Lipinski definition) is 1. The van der Waals surface area contributed by atoms with E-state index in [1.807, 2.05) is 0 Å². The maximum absolute atomic E-state index is 5.30. The van der Waals surface area contributed by atoms with Crippen LogP contribution in [0.2, 0.25) is 0 Å². The van der Waals surface area contributed by atoms with Gasteiger partial charge < -0.3 is 5.73 Å². The summed E-state index contributed by atoms with van der Waals surface area (Å²) in [6, 6.07) is 0. The first-order valence-corrected chi connectivity index (χ1v) is 3.13. The maximum Gasteiger partial charge on any atom is -0.00772 e. The fourth-order valence-electron chi connectivity index (χ4n) is 0.813. The molecule has 1 aliphatic carbocycles. The van der Waals surface area contributed by atoms with Crippen molar-refractivity contribution in [3.63, 3.8) is 0 Å². The fourth-order valence-corrected chi connectivity index (χ4v) is 0.813. The minimum atomic E-state index is 0.885. The van der Waals surface area contributed by atoms with E-state index in [9.17, 15) is 0 Å². The van der Waals surface area contributed by atoms with E-state index in [0.29, 0.717) is 0 Å². The molecule has 1 fully saturated rings. The van der Waals surface area contributed by atoms with Crippen LogP contribution in [-0.4, -0.2) is 6.54 Å². The summed E-state index contributed by atoms with van der Waals surface area (Å²) >= 11 is 0. The normalized spacial score (nSPS) is 20.1. The van der Waals surface area contributed by atoms with E-state index < -0.39 is 0 Å². The second-order valence-electron chi connectivity index (χ2n) is 2.37. The zero-order chi connectivity index (χ0) is 5.11. The van der Waals surface area contributed by atoms with Gasteiger partial charge in [-0.25, -0.2) is 0 Å². The molecule has 0 aromatic heterocycles. The summed E-state index contributed by atoms with van der Waals surface area (Å²) in [6.07, 6.45) is 5.57. The molecule has 0 amide bonds. The van der Waals surface area contributed by atoms with E-state index in [1.165, 1.54) is 25.7 Å². The van der Waals surface area contributed by atoms with E-state index in [0.717, 1.165) is 12.5 Å². The molecule has 0 atom stereocenters. The van der Waals surface area contributed by atoms with Crippen molar-refractivity contribution in [3.8, 4) is 0 Å². The topological polar surface area (TPSA) is 26.0 Å². The number of rotatable bonds is 3. The van der Waals surface area contributed by atoms with Gasteiger partial charge in [-0.1, -0.05) is 12.8 Å². The van der Waals surface area contributed by atoms with Crippen LogP contribution in [0.3, 0.4) is 0 Å². The van der Waals surface area contributed by atoms with Crippen molar-refractivity contribution in [2.24, 2.45) is 11.7 Å². The molecule has 0 aromatic rings. The Morgan fingerprint density at radius 3 is 2.57 bits per heavy atom. The third-order valence-electron chi connectivity index (χ3n) is 1.51. The molecular formula is C6H13N. The van der Waals surface area contributed by atoms with Crippen molar-refractivity contribution in [1.29, 1.82) is 0 Å². The number of nitrogens with two attached hydrogens (primary N) is 1. The Hall–Kier alpha value is -0.0400. The SMILES string of the molecule is NCCCC1CC1. The average molecular weight is 99.2 g/mol. The lowest BCUT2D eigenvalue weighted by atomic mass is 10.2. The second kappa shape index (κ2) is 2.31. The maximum atomic E-state index is 5.30. The fraction of sp³-hybridized carbons (Fsp3) is 1.00. The molecule has 0 aliphatic heterocycles. The van der Waals surface area contributed by atoms with Gasteiger partial charge in [0.2, 0.25) is 0 Å². The van der Waals surface area contributed by atoms with Gasteiger partial charge in [0, 0.05) is 0 Å². The Morgan fingerprint density at radius 1 is 1.43 bits per heavy atom. The highest BCUT2D eigenvalue weighted by Crippen LogP contribution is 2.32. The molecule has 1 rings (SSSR count). The molecule has 0 unspecified atom stereocenters. The highest BCUT2D eigenvalue weighted by Gasteiger charge is 2.19. The summed E-state index contributed by atoms with van der Waals surface area (Å²) in [4.78, 5) is 0. The van der Waals surface area contributed by atoms with Crippen LogP contribution in [-0.2, 0) is 0 Å². The van der Waals surface area contributed by atoms with Crippen LogP contribution in [0.1, 0.15) is 25.7 Å². The van der Waals surface area contributed by atoms with E-state index >= 15 is 0 Å². The van der Waals surface area contributed by atoms with Crippen LogP contribution in [0, 0.1) is 5.92 Å². The lowest BCUT2D eigenvalue weighted by Gasteiger charge is -1.89. The molecule has 42 valence electrons. The molecule has 7 heavy (non-hydrogen) atoms. The Kier molecular flexibility index (Phi) is 1.69. The van der Waals surface area contributed by atoms with E-state index in [4.69, 9.17) is 5.73 Å². The molecule has 1 saturated carbocycles. The molecule has 0 heterocycles. The van der Waals surface area contributed by atoms with Crippen molar-refractivity contribution in [2.45, 2.75) is 25.7 Å². The second-order valence-corrected chi connectivity index (χ2v) is 2.37. The lowest BCUT2D eigenvalue weighted by molar-refractivity contribution is 0.675. The van der Waals surface area contributed by atoms with Gasteiger partial charge in [-0.2, -0.15) is 0 Å². The average Bonchev–Trinajstić information content (AvgIpc) is 2.42. The van der Waals surface area contributed by atoms with Gasteiger partial charge >= 0.3 is 0 Å². The van der Waals surface area contributed by atoms with Gasteiger partial charge in [0.15, 0.2) is 0 Å². The van der Waals surface area contributed by atoms with Crippen molar-refractivity contribution in [2.75, 3.05) is 6.54 Å². The molecule has 0 aromatic carbocycles. The van der Waals surface area contributed by atoms with Crippen LogP contribution in [0.15, 0.2) is 0 Å². The van der Waals surface area contributed by atoms with Gasteiger partial charge in [0.05, 0.1) is 0 Å². The third kappa shape index (κ3) is 1.93. The summed E-state index contributed by atoms with van der Waals surface area (Å²) in [5.41, 5.74) is 5.30. The van der Waals surface area contributed by atoms with E-state index in [1.54, 1.807) is 0 Å². The summed E-state index contributed by atoms with van der Waals surface area (Å²) in [6.45, 7) is 0.885. The Balaban J connectivity index is 1.80. The first-order chi connectivity index (χ1) is 3.43. The molecule has 0 spiro atoms. The zero-order valence-electron chi connectivity index (χ0n) is 4.69. The molecule has 0 radical (unpaired) electrons. The molecule has 2 N–H and O–H groups in total. The van der Waals surface area contributed by atoms with Crippen molar-refractivity contribution in [3.05, 3.63) is 0 Å². The molecular weight excluding hydrogens is 86.1 g/mol. The minimum Gasteiger partial charge on any atom is -0.330 e.